The van der Waals surface area contributed by atoms with Crippen LogP contribution in [0, 0.1) is 6.92 Å². The van der Waals surface area contributed by atoms with Crippen molar-refractivity contribution < 1.29 is 14.3 Å². The zero-order valence-corrected chi connectivity index (χ0v) is 14.7. The lowest BCUT2D eigenvalue weighted by atomic mass is 10.2. The van der Waals surface area contributed by atoms with Gasteiger partial charge in [0.2, 0.25) is 0 Å². The number of hydrogen-bond donors (Lipinski definition) is 1. The van der Waals surface area contributed by atoms with Crippen LogP contribution in [0.4, 0.5) is 0 Å². The molecule has 0 aromatic carbocycles. The van der Waals surface area contributed by atoms with Gasteiger partial charge < -0.3 is 19.3 Å². The van der Waals surface area contributed by atoms with Crippen molar-refractivity contribution in [3.8, 4) is 0 Å². The summed E-state index contributed by atoms with van der Waals surface area (Å²) in [5.41, 5.74) is 1.00. The number of carbonyl (C=O) groups is 1. The van der Waals surface area contributed by atoms with Gasteiger partial charge in [-0.15, -0.1) is 0 Å². The van der Waals surface area contributed by atoms with Crippen LogP contribution in [0.25, 0.3) is 0 Å². The minimum absolute atomic E-state index is 0.176. The van der Waals surface area contributed by atoms with E-state index >= 15 is 0 Å². The van der Waals surface area contributed by atoms with Gasteiger partial charge in [-0.1, -0.05) is 6.92 Å². The molecular formula is C17H29N3O3. The number of β-amino-alcohol motifs (C(OH)–C–C–N with tert-alkyl or cyclic N) is 1. The van der Waals surface area contributed by atoms with Gasteiger partial charge in [-0.25, -0.2) is 0 Å². The molecule has 6 heteroatoms. The molecule has 0 bridgehead atoms. The third-order valence-electron chi connectivity index (χ3n) is 4.45. The molecule has 2 heterocycles. The van der Waals surface area contributed by atoms with Crippen LogP contribution in [0.3, 0.4) is 0 Å². The topological polar surface area (TPSA) is 60.2 Å². The van der Waals surface area contributed by atoms with Crippen LogP contribution in [0.15, 0.2) is 10.5 Å². The van der Waals surface area contributed by atoms with Crippen molar-refractivity contribution in [2.24, 2.45) is 0 Å². The summed E-state index contributed by atoms with van der Waals surface area (Å²) in [5.74, 6) is 1.03. The summed E-state index contributed by atoms with van der Waals surface area (Å²) >= 11 is 0. The van der Waals surface area contributed by atoms with Gasteiger partial charge in [0.15, 0.2) is 5.76 Å². The quantitative estimate of drug-likeness (QED) is 0.840. The van der Waals surface area contributed by atoms with Crippen molar-refractivity contribution in [3.63, 3.8) is 0 Å². The first-order valence-electron chi connectivity index (χ1n) is 8.34. The lowest BCUT2D eigenvalue weighted by Gasteiger charge is -2.34. The van der Waals surface area contributed by atoms with Crippen molar-refractivity contribution >= 4 is 5.91 Å². The fourth-order valence-corrected chi connectivity index (χ4v) is 2.95. The average Bonchev–Trinajstić information content (AvgIpc) is 2.89. The molecule has 1 aliphatic heterocycles. The zero-order chi connectivity index (χ0) is 17.0. The molecule has 0 saturated carbocycles. The number of aliphatic hydroxyl groups is 1. The first-order chi connectivity index (χ1) is 10.9. The van der Waals surface area contributed by atoms with E-state index in [1.807, 2.05) is 13.8 Å². The van der Waals surface area contributed by atoms with Gasteiger partial charge in [0.05, 0.1) is 6.10 Å². The third-order valence-corrected chi connectivity index (χ3v) is 4.45. The highest BCUT2D eigenvalue weighted by molar-refractivity contribution is 5.91. The predicted molar refractivity (Wildman–Crippen MR) is 89.7 cm³/mol. The van der Waals surface area contributed by atoms with E-state index in [1.165, 1.54) is 0 Å². The van der Waals surface area contributed by atoms with E-state index in [9.17, 15) is 9.90 Å². The Labute approximate surface area is 138 Å². The van der Waals surface area contributed by atoms with Crippen LogP contribution >= 0.6 is 0 Å². The second kappa shape index (κ2) is 7.95. The average molecular weight is 323 g/mol. The van der Waals surface area contributed by atoms with Gasteiger partial charge in [-0.3, -0.25) is 9.69 Å². The third kappa shape index (κ3) is 4.80. The van der Waals surface area contributed by atoms with Crippen molar-refractivity contribution in [2.75, 3.05) is 53.4 Å². The number of piperazine rings is 1. The smallest absolute Gasteiger partial charge is 0.289 e. The Hall–Kier alpha value is -1.37. The highest BCUT2D eigenvalue weighted by Gasteiger charge is 2.22. The lowest BCUT2D eigenvalue weighted by molar-refractivity contribution is 0.0484. The van der Waals surface area contributed by atoms with Crippen molar-refractivity contribution in [1.82, 2.24) is 14.7 Å². The molecule has 2 rings (SSSR count). The molecule has 1 saturated heterocycles. The Bertz CT molecular complexity index is 521. The van der Waals surface area contributed by atoms with Crippen LogP contribution in [0.1, 0.15) is 28.8 Å². The zero-order valence-electron chi connectivity index (χ0n) is 14.7. The largest absolute Gasteiger partial charge is 0.456 e. The monoisotopic (exact) mass is 323 g/mol. The maximum Gasteiger partial charge on any atom is 0.289 e. The molecule has 130 valence electrons. The maximum atomic E-state index is 12.4. The fraction of sp³-hybridized carbons (Fsp3) is 0.706. The van der Waals surface area contributed by atoms with E-state index in [-0.39, 0.29) is 5.91 Å². The highest BCUT2D eigenvalue weighted by Crippen LogP contribution is 2.16. The number of likely N-dealkylation sites (N-methyl/N-ethyl adjacent to an activating group) is 2. The summed E-state index contributed by atoms with van der Waals surface area (Å²) in [7, 11) is 3.81. The van der Waals surface area contributed by atoms with Crippen molar-refractivity contribution in [2.45, 2.75) is 26.4 Å². The number of hydrogen-bond acceptors (Lipinski definition) is 5. The van der Waals surface area contributed by atoms with Crippen molar-refractivity contribution in [3.05, 3.63) is 23.2 Å². The molecule has 1 N–H and O–H groups in total. The molecule has 0 radical (unpaired) electrons. The second-order valence-corrected chi connectivity index (χ2v) is 6.51. The van der Waals surface area contributed by atoms with E-state index in [4.69, 9.17) is 4.42 Å². The van der Waals surface area contributed by atoms with Gasteiger partial charge in [0.25, 0.3) is 5.91 Å². The van der Waals surface area contributed by atoms with Crippen LogP contribution in [0.5, 0.6) is 0 Å². The molecule has 1 fully saturated rings. The minimum atomic E-state index is -0.547. The fourth-order valence-electron chi connectivity index (χ4n) is 2.95. The summed E-state index contributed by atoms with van der Waals surface area (Å²) < 4.78 is 5.60. The van der Waals surface area contributed by atoms with Crippen molar-refractivity contribution in [1.29, 1.82) is 0 Å². The summed E-state index contributed by atoms with van der Waals surface area (Å²) in [6.07, 6.45) is 0.226. The van der Waals surface area contributed by atoms with Crippen LogP contribution in [-0.2, 0) is 6.42 Å². The number of aliphatic hydroxyl groups excluding tert-OH is 1. The minimum Gasteiger partial charge on any atom is -0.456 e. The molecule has 1 aromatic heterocycles. The normalized spacial score (nSPS) is 18.1. The van der Waals surface area contributed by atoms with Gasteiger partial charge in [0.1, 0.15) is 5.76 Å². The van der Waals surface area contributed by atoms with Gasteiger partial charge >= 0.3 is 0 Å². The molecule has 1 aliphatic rings. The second-order valence-electron chi connectivity index (χ2n) is 6.51. The number of amides is 1. The summed E-state index contributed by atoms with van der Waals surface area (Å²) in [6, 6.07) is 1.78. The Morgan fingerprint density at radius 3 is 2.61 bits per heavy atom. The number of rotatable bonds is 6. The predicted octanol–water partition coefficient (Wildman–Crippen LogP) is 0.831. The van der Waals surface area contributed by atoms with E-state index in [2.05, 4.69) is 16.8 Å². The first kappa shape index (κ1) is 18.0. The van der Waals surface area contributed by atoms with E-state index in [0.29, 0.717) is 18.8 Å². The Morgan fingerprint density at radius 2 is 2.04 bits per heavy atom. The van der Waals surface area contributed by atoms with Crippen LogP contribution < -0.4 is 0 Å². The summed E-state index contributed by atoms with van der Waals surface area (Å²) in [4.78, 5) is 18.5. The van der Waals surface area contributed by atoms with Gasteiger partial charge in [0, 0.05) is 52.7 Å². The van der Waals surface area contributed by atoms with E-state index < -0.39 is 6.10 Å². The summed E-state index contributed by atoms with van der Waals surface area (Å²) in [6.45, 7) is 8.82. The number of furan rings is 1. The number of carbonyl (C=O) groups excluding carboxylic acids is 1. The first-order valence-corrected chi connectivity index (χ1v) is 8.34. The van der Waals surface area contributed by atoms with E-state index in [0.717, 1.165) is 43.9 Å². The molecule has 1 amide bonds. The van der Waals surface area contributed by atoms with Gasteiger partial charge in [-0.2, -0.15) is 0 Å². The molecule has 0 spiro atoms. The lowest BCUT2D eigenvalue weighted by Crippen LogP contribution is -2.48. The molecule has 23 heavy (non-hydrogen) atoms. The number of nitrogens with zero attached hydrogens (tertiary/aromatic N) is 3. The SMILES string of the molecule is CCc1oc(C(=O)N(C)CC(O)CN2CCN(C)CC2)cc1C. The molecule has 1 aromatic rings. The van der Waals surface area contributed by atoms with Gasteiger partial charge in [-0.05, 0) is 25.6 Å². The Kier molecular flexibility index (Phi) is 6.21. The standard InChI is InChI=1S/C17H29N3O3/c1-5-15-13(2)10-16(23-15)17(22)19(4)11-14(21)12-20-8-6-18(3)7-9-20/h10,14,21H,5-9,11-12H2,1-4H3. The number of aryl methyl sites for hydroxylation is 2. The molecule has 0 aliphatic carbocycles. The molecule has 6 nitrogen and oxygen atoms in total. The molecule has 1 unspecified atom stereocenters. The Balaban J connectivity index is 1.84. The molecular weight excluding hydrogens is 294 g/mol. The van der Waals surface area contributed by atoms with Crippen LogP contribution in [-0.4, -0.2) is 85.2 Å². The molecule has 1 atom stereocenters. The van der Waals surface area contributed by atoms with E-state index in [1.54, 1.807) is 18.0 Å². The summed E-state index contributed by atoms with van der Waals surface area (Å²) in [5, 5.41) is 10.3. The van der Waals surface area contributed by atoms with Crippen LogP contribution in [0.2, 0.25) is 0 Å². The Morgan fingerprint density at radius 1 is 1.39 bits per heavy atom. The maximum absolute atomic E-state index is 12.4. The highest BCUT2D eigenvalue weighted by atomic mass is 16.4.